The predicted molar refractivity (Wildman–Crippen MR) is 86.0 cm³/mol. The number of aliphatic hydroxyl groups is 1. The van der Waals surface area contributed by atoms with E-state index in [4.69, 9.17) is 9.63 Å². The van der Waals surface area contributed by atoms with Crippen molar-refractivity contribution in [3.8, 4) is 10.7 Å². The number of aryl methyl sites for hydroxylation is 1. The summed E-state index contributed by atoms with van der Waals surface area (Å²) in [5, 5.41) is 14.9. The predicted octanol–water partition coefficient (Wildman–Crippen LogP) is 0.867. The van der Waals surface area contributed by atoms with Gasteiger partial charge < -0.3 is 14.5 Å². The summed E-state index contributed by atoms with van der Waals surface area (Å²) < 4.78 is 5.29. The van der Waals surface area contributed by atoms with Crippen molar-refractivity contribution in [2.24, 2.45) is 0 Å². The monoisotopic (exact) mass is 336 g/mol. The summed E-state index contributed by atoms with van der Waals surface area (Å²) in [4.78, 5) is 20.9. The van der Waals surface area contributed by atoms with Crippen LogP contribution in [-0.2, 0) is 11.2 Å². The molecule has 0 saturated carbocycles. The zero-order chi connectivity index (χ0) is 16.1. The van der Waals surface area contributed by atoms with Crippen molar-refractivity contribution >= 4 is 17.2 Å². The quantitative estimate of drug-likeness (QED) is 0.843. The lowest BCUT2D eigenvalue weighted by Gasteiger charge is -2.34. The van der Waals surface area contributed by atoms with Crippen LogP contribution in [0.2, 0.25) is 0 Å². The van der Waals surface area contributed by atoms with Gasteiger partial charge in [0.2, 0.25) is 17.6 Å². The number of aliphatic hydroxyl groups excluding tert-OH is 1. The Labute approximate surface area is 138 Å². The summed E-state index contributed by atoms with van der Waals surface area (Å²) in [6.45, 7) is 3.60. The molecule has 23 heavy (non-hydrogen) atoms. The number of hydrogen-bond donors (Lipinski definition) is 1. The Kier molecular flexibility index (Phi) is 5.37. The molecule has 1 fully saturated rings. The van der Waals surface area contributed by atoms with Gasteiger partial charge in [-0.1, -0.05) is 11.2 Å². The Bertz CT molecular complexity index is 620. The zero-order valence-corrected chi connectivity index (χ0v) is 13.7. The highest BCUT2D eigenvalue weighted by atomic mass is 32.1. The van der Waals surface area contributed by atoms with Gasteiger partial charge in [0.05, 0.1) is 4.88 Å². The number of nitrogens with zero attached hydrogens (tertiary/aromatic N) is 4. The van der Waals surface area contributed by atoms with Gasteiger partial charge >= 0.3 is 0 Å². The van der Waals surface area contributed by atoms with Gasteiger partial charge in [-0.05, 0) is 24.4 Å². The van der Waals surface area contributed by atoms with E-state index in [-0.39, 0.29) is 5.91 Å². The highest BCUT2D eigenvalue weighted by molar-refractivity contribution is 7.13. The molecule has 124 valence electrons. The van der Waals surface area contributed by atoms with E-state index in [0.29, 0.717) is 24.8 Å². The lowest BCUT2D eigenvalue weighted by molar-refractivity contribution is -0.135. The molecule has 2 aromatic heterocycles. The summed E-state index contributed by atoms with van der Waals surface area (Å²) in [6, 6.07) is 3.95. The Balaban J connectivity index is 1.40. The largest absolute Gasteiger partial charge is 0.387 e. The number of carbonyl (C=O) groups excluding carboxylic acids is 1. The summed E-state index contributed by atoms with van der Waals surface area (Å²) in [5.41, 5.74) is 0. The van der Waals surface area contributed by atoms with Gasteiger partial charge in [-0.2, -0.15) is 4.98 Å². The van der Waals surface area contributed by atoms with Crippen LogP contribution in [0.3, 0.4) is 0 Å². The number of thiophene rings is 1. The van der Waals surface area contributed by atoms with Crippen molar-refractivity contribution in [3.05, 3.63) is 23.4 Å². The third kappa shape index (κ3) is 4.15. The molecule has 0 bridgehead atoms. The fraction of sp³-hybridized carbons (Fsp3) is 0.533. The third-order valence-electron chi connectivity index (χ3n) is 3.93. The molecule has 8 heteroatoms. The molecular weight excluding hydrogens is 316 g/mol. The Morgan fingerprint density at radius 3 is 2.87 bits per heavy atom. The lowest BCUT2D eigenvalue weighted by Crippen LogP contribution is -2.49. The van der Waals surface area contributed by atoms with Crippen molar-refractivity contribution in [1.29, 1.82) is 0 Å². The number of carbonyl (C=O) groups is 1. The molecule has 0 aromatic carbocycles. The van der Waals surface area contributed by atoms with E-state index in [1.165, 1.54) is 0 Å². The van der Waals surface area contributed by atoms with Crippen molar-refractivity contribution in [1.82, 2.24) is 19.9 Å². The molecule has 2 aromatic rings. The van der Waals surface area contributed by atoms with Crippen LogP contribution in [-0.4, -0.2) is 70.3 Å². The smallest absolute Gasteiger partial charge is 0.248 e. The number of aromatic nitrogens is 2. The highest BCUT2D eigenvalue weighted by Gasteiger charge is 2.20. The maximum absolute atomic E-state index is 11.4. The van der Waals surface area contributed by atoms with E-state index in [1.54, 1.807) is 16.2 Å². The molecule has 0 unspecified atom stereocenters. The second-order valence-electron chi connectivity index (χ2n) is 5.47. The number of amides is 1. The average Bonchev–Trinajstić information content (AvgIpc) is 3.26. The topological polar surface area (TPSA) is 82.7 Å². The molecule has 1 N–H and O–H groups in total. The van der Waals surface area contributed by atoms with Crippen molar-refractivity contribution in [2.75, 3.05) is 39.3 Å². The van der Waals surface area contributed by atoms with E-state index in [0.717, 1.165) is 37.4 Å². The van der Waals surface area contributed by atoms with Crippen LogP contribution in [0.15, 0.2) is 22.0 Å². The van der Waals surface area contributed by atoms with Crippen LogP contribution >= 0.6 is 11.3 Å². The van der Waals surface area contributed by atoms with Crippen LogP contribution in [0, 0.1) is 0 Å². The first kappa shape index (κ1) is 16.1. The Morgan fingerprint density at radius 1 is 1.35 bits per heavy atom. The molecule has 1 aliphatic rings. The van der Waals surface area contributed by atoms with Gasteiger partial charge in [0.1, 0.15) is 6.61 Å². The molecule has 3 rings (SSSR count). The average molecular weight is 336 g/mol. The van der Waals surface area contributed by atoms with Crippen LogP contribution in [0.4, 0.5) is 0 Å². The first-order valence-electron chi connectivity index (χ1n) is 7.73. The molecule has 0 spiro atoms. The summed E-state index contributed by atoms with van der Waals surface area (Å²) in [5.74, 6) is 1.14. The fourth-order valence-corrected chi connectivity index (χ4v) is 3.29. The molecule has 3 heterocycles. The SMILES string of the molecule is O=C(CO)N1CCN(CCCc2nc(-c3cccs3)no2)CC1. The van der Waals surface area contributed by atoms with Crippen molar-refractivity contribution in [2.45, 2.75) is 12.8 Å². The summed E-state index contributed by atoms with van der Waals surface area (Å²) in [6.07, 6.45) is 1.70. The van der Waals surface area contributed by atoms with Gasteiger partial charge in [-0.3, -0.25) is 9.69 Å². The number of hydrogen-bond acceptors (Lipinski definition) is 7. The summed E-state index contributed by atoms with van der Waals surface area (Å²) >= 11 is 1.60. The first-order valence-corrected chi connectivity index (χ1v) is 8.61. The lowest BCUT2D eigenvalue weighted by atomic mass is 10.2. The third-order valence-corrected chi connectivity index (χ3v) is 4.80. The van der Waals surface area contributed by atoms with Crippen LogP contribution < -0.4 is 0 Å². The second-order valence-corrected chi connectivity index (χ2v) is 6.42. The molecule has 1 saturated heterocycles. The maximum Gasteiger partial charge on any atom is 0.248 e. The van der Waals surface area contributed by atoms with Crippen LogP contribution in [0.5, 0.6) is 0 Å². The van der Waals surface area contributed by atoms with E-state index in [1.807, 2.05) is 17.5 Å². The molecule has 7 nitrogen and oxygen atoms in total. The maximum atomic E-state index is 11.4. The molecule has 0 radical (unpaired) electrons. The summed E-state index contributed by atoms with van der Waals surface area (Å²) in [7, 11) is 0. The minimum atomic E-state index is -0.399. The van der Waals surface area contributed by atoms with Crippen molar-refractivity contribution in [3.63, 3.8) is 0 Å². The Hall–Kier alpha value is -1.77. The van der Waals surface area contributed by atoms with E-state index >= 15 is 0 Å². The highest BCUT2D eigenvalue weighted by Crippen LogP contribution is 2.21. The standard InChI is InChI=1S/C15H20N4O3S/c20-11-14(21)19-8-6-18(7-9-19)5-1-4-13-16-15(17-22-13)12-3-2-10-23-12/h2-3,10,20H,1,4-9,11H2. The molecule has 0 aliphatic carbocycles. The zero-order valence-electron chi connectivity index (χ0n) is 12.8. The van der Waals surface area contributed by atoms with E-state index in [9.17, 15) is 4.79 Å². The number of rotatable bonds is 6. The normalized spacial score (nSPS) is 16.0. The molecule has 0 atom stereocenters. The first-order chi connectivity index (χ1) is 11.3. The van der Waals surface area contributed by atoms with Gasteiger partial charge in [0, 0.05) is 32.6 Å². The minimum absolute atomic E-state index is 0.184. The molecule has 1 aliphatic heterocycles. The Morgan fingerprint density at radius 2 is 2.17 bits per heavy atom. The molecular formula is C15H20N4O3S. The number of piperazine rings is 1. The molecule has 1 amide bonds. The van der Waals surface area contributed by atoms with Gasteiger partial charge in [0.25, 0.3) is 0 Å². The van der Waals surface area contributed by atoms with Crippen molar-refractivity contribution < 1.29 is 14.4 Å². The van der Waals surface area contributed by atoms with Gasteiger partial charge in [0.15, 0.2) is 0 Å². The van der Waals surface area contributed by atoms with Crippen LogP contribution in [0.25, 0.3) is 10.7 Å². The second kappa shape index (κ2) is 7.67. The minimum Gasteiger partial charge on any atom is -0.387 e. The fourth-order valence-electron chi connectivity index (χ4n) is 2.64. The van der Waals surface area contributed by atoms with E-state index in [2.05, 4.69) is 15.0 Å². The van der Waals surface area contributed by atoms with Gasteiger partial charge in [-0.15, -0.1) is 11.3 Å². The van der Waals surface area contributed by atoms with E-state index < -0.39 is 6.61 Å². The van der Waals surface area contributed by atoms with Crippen LogP contribution in [0.1, 0.15) is 12.3 Å². The van der Waals surface area contributed by atoms with Gasteiger partial charge in [-0.25, -0.2) is 0 Å².